The third-order valence-corrected chi connectivity index (χ3v) is 9.24. The number of unbranched alkanes of at least 4 members (excludes halogenated alkanes) is 4. The van der Waals surface area contributed by atoms with E-state index in [2.05, 4.69) is 21.3 Å². The second kappa shape index (κ2) is 27.5. The molecular weight excluding hydrogens is 762 g/mol. The lowest BCUT2D eigenvalue weighted by Gasteiger charge is -2.39. The van der Waals surface area contributed by atoms with Crippen molar-refractivity contribution >= 4 is 29.5 Å². The van der Waals surface area contributed by atoms with E-state index in [0.717, 1.165) is 0 Å². The molecule has 2 aliphatic rings. The van der Waals surface area contributed by atoms with Crippen LogP contribution in [0.25, 0.3) is 0 Å². The summed E-state index contributed by atoms with van der Waals surface area (Å²) in [6.45, 7) is 0.571. The average molecular weight is 826 g/mol. The number of hydrogen-bond acceptors (Lipinski definition) is 17. The molecule has 0 aromatic rings. The van der Waals surface area contributed by atoms with Gasteiger partial charge in [-0.25, -0.2) is 0 Å². The standard InChI is InChI=1S/C35H63N5O17/c1-2-27(47)40(17-25(45)36-11-7-3-5-9-23(43)38-13-15-54-34-32(52)30(50)28(48)21(19-41)56-34)18-26(46)37-12-8-4-6-10-24(44)39-14-16-55-35-33(53)31(51)29(49)22(20-42)57-35/h21-22,28-35,41-42,48-53H,2-20H2,1H3,(H,36,45)(H,37,46)(H,38,43)(H,39,44)/t21-,22-,28-,29-,30+,31+,32+,33+,34+,35+/m1/s1. The molecule has 5 amide bonds. The number of nitrogens with one attached hydrogen (secondary N) is 4. The van der Waals surface area contributed by atoms with E-state index >= 15 is 0 Å². The largest absolute Gasteiger partial charge is 0.394 e. The van der Waals surface area contributed by atoms with Gasteiger partial charge in [0.25, 0.3) is 0 Å². The van der Waals surface area contributed by atoms with E-state index in [1.165, 1.54) is 4.90 Å². The first-order valence-corrected chi connectivity index (χ1v) is 19.4. The smallest absolute Gasteiger partial charge is 0.239 e. The van der Waals surface area contributed by atoms with Crippen LogP contribution in [0.3, 0.4) is 0 Å². The second-order valence-corrected chi connectivity index (χ2v) is 13.8. The van der Waals surface area contributed by atoms with E-state index in [0.29, 0.717) is 51.6 Å². The highest BCUT2D eigenvalue weighted by Gasteiger charge is 2.45. The average Bonchev–Trinajstić information content (AvgIpc) is 3.19. The third kappa shape index (κ3) is 18.1. The van der Waals surface area contributed by atoms with Gasteiger partial charge in [0.1, 0.15) is 61.9 Å². The number of aliphatic hydroxyl groups is 8. The minimum Gasteiger partial charge on any atom is -0.394 e. The van der Waals surface area contributed by atoms with Crippen LogP contribution in [0.1, 0.15) is 64.7 Å². The Morgan fingerprint density at radius 1 is 0.526 bits per heavy atom. The summed E-state index contributed by atoms with van der Waals surface area (Å²) in [5.41, 5.74) is 0. The number of ether oxygens (including phenoxy) is 4. The lowest BCUT2D eigenvalue weighted by Crippen LogP contribution is -2.59. The maximum atomic E-state index is 12.5. The number of nitrogens with zero attached hydrogens (tertiary/aromatic N) is 1. The van der Waals surface area contributed by atoms with E-state index in [1.54, 1.807) is 6.92 Å². The van der Waals surface area contributed by atoms with Crippen LogP contribution in [0, 0.1) is 0 Å². The summed E-state index contributed by atoms with van der Waals surface area (Å²) in [6.07, 6.45) is -9.91. The molecule has 22 heteroatoms. The van der Waals surface area contributed by atoms with Gasteiger partial charge in [-0.2, -0.15) is 0 Å². The van der Waals surface area contributed by atoms with Crippen molar-refractivity contribution in [3.8, 4) is 0 Å². The Balaban J connectivity index is 1.50. The molecule has 0 aromatic carbocycles. The van der Waals surface area contributed by atoms with Gasteiger partial charge in [0.05, 0.1) is 26.4 Å². The van der Waals surface area contributed by atoms with Gasteiger partial charge in [0, 0.05) is 45.4 Å². The first-order valence-electron chi connectivity index (χ1n) is 19.4. The minimum absolute atomic E-state index is 0.0510. The molecule has 12 N–H and O–H groups in total. The Labute approximate surface area is 331 Å². The number of amides is 5. The molecule has 0 saturated carbocycles. The zero-order valence-corrected chi connectivity index (χ0v) is 32.4. The highest BCUT2D eigenvalue weighted by Crippen LogP contribution is 2.23. The van der Waals surface area contributed by atoms with Crippen LogP contribution < -0.4 is 21.3 Å². The topological polar surface area (TPSA) is 335 Å². The van der Waals surface area contributed by atoms with E-state index < -0.39 is 86.4 Å². The van der Waals surface area contributed by atoms with Crippen molar-refractivity contribution in [1.29, 1.82) is 0 Å². The molecule has 0 radical (unpaired) electrons. The van der Waals surface area contributed by atoms with Gasteiger partial charge in [0.15, 0.2) is 12.6 Å². The zero-order chi connectivity index (χ0) is 42.3. The molecule has 0 aromatic heterocycles. The second-order valence-electron chi connectivity index (χ2n) is 13.8. The predicted octanol–water partition coefficient (Wildman–Crippen LogP) is -5.56. The number of hydrogen-bond donors (Lipinski definition) is 12. The Hall–Kier alpha value is -3.13. The number of carbonyl (C=O) groups excluding carboxylic acids is 5. The Bertz CT molecular complexity index is 1130. The van der Waals surface area contributed by atoms with Crippen molar-refractivity contribution < 1.29 is 83.8 Å². The fourth-order valence-electron chi connectivity index (χ4n) is 5.86. The highest BCUT2D eigenvalue weighted by molar-refractivity contribution is 5.89. The summed E-state index contributed by atoms with van der Waals surface area (Å²) in [4.78, 5) is 62.8. The van der Waals surface area contributed by atoms with Crippen LogP contribution in [0.2, 0.25) is 0 Å². The number of rotatable bonds is 27. The molecule has 0 aliphatic carbocycles. The minimum atomic E-state index is -1.56. The van der Waals surface area contributed by atoms with E-state index in [1.807, 2.05) is 0 Å². The fourth-order valence-corrected chi connectivity index (χ4v) is 5.86. The molecule has 2 saturated heterocycles. The van der Waals surface area contributed by atoms with Crippen molar-refractivity contribution in [1.82, 2.24) is 26.2 Å². The molecule has 22 nitrogen and oxygen atoms in total. The van der Waals surface area contributed by atoms with Gasteiger partial charge >= 0.3 is 0 Å². The normalized spacial score (nSPS) is 27.3. The van der Waals surface area contributed by atoms with Crippen molar-refractivity contribution in [2.45, 2.75) is 126 Å². The van der Waals surface area contributed by atoms with Gasteiger partial charge in [0.2, 0.25) is 29.5 Å². The van der Waals surface area contributed by atoms with Gasteiger partial charge in [-0.15, -0.1) is 0 Å². The molecule has 2 aliphatic heterocycles. The van der Waals surface area contributed by atoms with Crippen molar-refractivity contribution in [2.24, 2.45) is 0 Å². The first-order chi connectivity index (χ1) is 27.2. The Morgan fingerprint density at radius 2 is 0.912 bits per heavy atom. The predicted molar refractivity (Wildman–Crippen MR) is 195 cm³/mol. The molecule has 0 unspecified atom stereocenters. The Morgan fingerprint density at radius 3 is 1.28 bits per heavy atom. The molecule has 10 atom stereocenters. The lowest BCUT2D eigenvalue weighted by atomic mass is 9.99. The first kappa shape index (κ1) is 50.0. The lowest BCUT2D eigenvalue weighted by molar-refractivity contribution is -0.300. The van der Waals surface area contributed by atoms with Gasteiger partial charge in [-0.1, -0.05) is 19.8 Å². The van der Waals surface area contributed by atoms with Gasteiger partial charge < -0.3 is 86.0 Å². The van der Waals surface area contributed by atoms with E-state index in [9.17, 15) is 64.8 Å². The molecule has 2 heterocycles. The van der Waals surface area contributed by atoms with Crippen LogP contribution in [-0.4, -0.2) is 202 Å². The fraction of sp³-hybridized carbons (Fsp3) is 0.857. The van der Waals surface area contributed by atoms with Crippen LogP contribution >= 0.6 is 0 Å². The SMILES string of the molecule is CCC(=O)N(CC(=O)NCCCCCC(=O)NCCO[C@H]1O[C@H](CO)[C@@H](O)[C@H](O)[C@@H]1O)CC(=O)NCCCCCC(=O)NCCO[C@H]1O[C@H](CO)[C@@H](O)[C@H](O)[C@@H]1O. The van der Waals surface area contributed by atoms with Crippen LogP contribution in [0.5, 0.6) is 0 Å². The molecule has 2 rings (SSSR count). The highest BCUT2D eigenvalue weighted by atomic mass is 16.7. The maximum Gasteiger partial charge on any atom is 0.239 e. The maximum absolute atomic E-state index is 12.5. The molecule has 0 spiro atoms. The number of carbonyl (C=O) groups is 5. The summed E-state index contributed by atoms with van der Waals surface area (Å²) < 4.78 is 21.1. The van der Waals surface area contributed by atoms with Crippen LogP contribution in [0.4, 0.5) is 0 Å². The van der Waals surface area contributed by atoms with Crippen molar-refractivity contribution in [3.05, 3.63) is 0 Å². The molecular formula is C35H63N5O17. The van der Waals surface area contributed by atoms with Crippen molar-refractivity contribution in [3.63, 3.8) is 0 Å². The summed E-state index contributed by atoms with van der Waals surface area (Å²) in [7, 11) is 0. The zero-order valence-electron chi connectivity index (χ0n) is 32.4. The molecule has 2 fully saturated rings. The Kier molecular flexibility index (Phi) is 24.2. The summed E-state index contributed by atoms with van der Waals surface area (Å²) in [6, 6.07) is 0. The molecule has 57 heavy (non-hydrogen) atoms. The summed E-state index contributed by atoms with van der Waals surface area (Å²) in [5.74, 6) is -1.72. The van der Waals surface area contributed by atoms with Crippen LogP contribution in [-0.2, 0) is 42.9 Å². The third-order valence-electron chi connectivity index (χ3n) is 9.24. The monoisotopic (exact) mass is 825 g/mol. The van der Waals surface area contributed by atoms with Crippen LogP contribution in [0.15, 0.2) is 0 Å². The molecule has 0 bridgehead atoms. The van der Waals surface area contributed by atoms with Crippen molar-refractivity contribution in [2.75, 3.05) is 65.7 Å². The number of aliphatic hydroxyl groups excluding tert-OH is 8. The van der Waals surface area contributed by atoms with E-state index in [-0.39, 0.29) is 76.4 Å². The summed E-state index contributed by atoms with van der Waals surface area (Å²) in [5, 5.41) is 88.3. The quantitative estimate of drug-likeness (QED) is 0.0344. The summed E-state index contributed by atoms with van der Waals surface area (Å²) >= 11 is 0. The van der Waals surface area contributed by atoms with E-state index in [4.69, 9.17) is 18.9 Å². The van der Waals surface area contributed by atoms with Gasteiger partial charge in [-0.3, -0.25) is 24.0 Å². The molecule has 330 valence electrons. The van der Waals surface area contributed by atoms with Gasteiger partial charge in [-0.05, 0) is 25.7 Å².